The Bertz CT molecular complexity index is 1050. The van der Waals surface area contributed by atoms with E-state index in [1.165, 1.54) is 4.90 Å². The van der Waals surface area contributed by atoms with Crippen LogP contribution in [0.1, 0.15) is 49.6 Å². The molecule has 0 radical (unpaired) electrons. The lowest BCUT2D eigenvalue weighted by molar-refractivity contribution is 0.0714. The molecule has 0 spiro atoms. The standard InChI is InChI=1S/C22H28N4O2/c1-15(2)25-17-11-7-6-10-16(17)20-18(25)14-19(26(20)22(28)23(3)4)21(27)24-12-8-5-9-13-24/h6-7,10-11,14-15H,5,8-9,12-13H2,1-4H3. The van der Waals surface area contributed by atoms with Crippen molar-refractivity contribution in [2.24, 2.45) is 0 Å². The zero-order valence-electron chi connectivity index (χ0n) is 17.1. The minimum atomic E-state index is -0.193. The van der Waals surface area contributed by atoms with E-state index in [9.17, 15) is 9.59 Å². The van der Waals surface area contributed by atoms with Gasteiger partial charge in [-0.25, -0.2) is 4.79 Å². The number of carbonyl (C=O) groups is 2. The number of benzene rings is 1. The molecule has 148 valence electrons. The van der Waals surface area contributed by atoms with Gasteiger partial charge in [0.25, 0.3) is 5.91 Å². The molecule has 0 unspecified atom stereocenters. The second-order valence-corrected chi connectivity index (χ2v) is 8.11. The Kier molecular flexibility index (Phi) is 4.65. The fraction of sp³-hybridized carbons (Fsp3) is 0.455. The summed E-state index contributed by atoms with van der Waals surface area (Å²) in [6.07, 6.45) is 3.20. The maximum atomic E-state index is 13.4. The van der Waals surface area contributed by atoms with E-state index in [2.05, 4.69) is 24.5 Å². The van der Waals surface area contributed by atoms with Gasteiger partial charge in [0.2, 0.25) is 0 Å². The van der Waals surface area contributed by atoms with E-state index in [4.69, 9.17) is 0 Å². The van der Waals surface area contributed by atoms with E-state index in [1.807, 2.05) is 29.2 Å². The van der Waals surface area contributed by atoms with Crippen molar-refractivity contribution >= 4 is 33.9 Å². The molecule has 1 aliphatic rings. The van der Waals surface area contributed by atoms with Gasteiger partial charge < -0.3 is 14.4 Å². The van der Waals surface area contributed by atoms with E-state index in [0.717, 1.165) is 54.3 Å². The number of para-hydroxylation sites is 1. The average Bonchev–Trinajstić information content (AvgIpc) is 3.21. The van der Waals surface area contributed by atoms with E-state index in [1.54, 1.807) is 18.7 Å². The molecule has 4 rings (SSSR count). The van der Waals surface area contributed by atoms with Crippen molar-refractivity contribution < 1.29 is 9.59 Å². The molecule has 0 saturated carbocycles. The van der Waals surface area contributed by atoms with Gasteiger partial charge in [-0.3, -0.25) is 9.36 Å². The first-order chi connectivity index (χ1) is 13.4. The Morgan fingerprint density at radius 1 is 1.00 bits per heavy atom. The van der Waals surface area contributed by atoms with Crippen LogP contribution in [0, 0.1) is 0 Å². The molecule has 1 fully saturated rings. The number of hydrogen-bond acceptors (Lipinski definition) is 2. The highest BCUT2D eigenvalue weighted by Gasteiger charge is 2.29. The molecule has 3 aromatic rings. The predicted molar refractivity (Wildman–Crippen MR) is 112 cm³/mol. The summed E-state index contributed by atoms with van der Waals surface area (Å²) >= 11 is 0. The Hall–Kier alpha value is -2.76. The second-order valence-electron chi connectivity index (χ2n) is 8.11. The third kappa shape index (κ3) is 2.79. The predicted octanol–water partition coefficient (Wildman–Crippen LogP) is 4.33. The highest BCUT2D eigenvalue weighted by atomic mass is 16.2. The van der Waals surface area contributed by atoms with E-state index in [0.29, 0.717) is 5.69 Å². The molecule has 2 aromatic heterocycles. The normalized spacial score (nSPS) is 15.0. The van der Waals surface area contributed by atoms with Crippen molar-refractivity contribution in [3.63, 3.8) is 0 Å². The summed E-state index contributed by atoms with van der Waals surface area (Å²) in [7, 11) is 3.45. The van der Waals surface area contributed by atoms with Gasteiger partial charge in [0, 0.05) is 38.6 Å². The van der Waals surface area contributed by atoms with Crippen LogP contribution in [0.4, 0.5) is 4.79 Å². The summed E-state index contributed by atoms with van der Waals surface area (Å²) in [5, 5.41) is 0.999. The molecule has 1 saturated heterocycles. The van der Waals surface area contributed by atoms with Gasteiger partial charge in [0.1, 0.15) is 5.69 Å². The van der Waals surface area contributed by atoms with Crippen molar-refractivity contribution in [1.29, 1.82) is 0 Å². The Morgan fingerprint density at radius 3 is 2.32 bits per heavy atom. The van der Waals surface area contributed by atoms with Crippen LogP contribution >= 0.6 is 0 Å². The molecule has 6 nitrogen and oxygen atoms in total. The quantitative estimate of drug-likeness (QED) is 0.664. The smallest absolute Gasteiger partial charge is 0.328 e. The van der Waals surface area contributed by atoms with Crippen molar-refractivity contribution in [3.8, 4) is 0 Å². The van der Waals surface area contributed by atoms with Crippen LogP contribution in [0.5, 0.6) is 0 Å². The molecule has 0 atom stereocenters. The Balaban J connectivity index is 2.02. The highest BCUT2D eigenvalue weighted by Crippen LogP contribution is 2.35. The van der Waals surface area contributed by atoms with Gasteiger partial charge in [-0.2, -0.15) is 0 Å². The number of aromatic nitrogens is 2. The van der Waals surface area contributed by atoms with Gasteiger partial charge in [-0.05, 0) is 45.2 Å². The Labute approximate surface area is 165 Å². The molecule has 2 amide bonds. The SMILES string of the molecule is CC(C)n1c2ccccc2c2c1cc(C(=O)N1CCCCC1)n2C(=O)N(C)C. The maximum absolute atomic E-state index is 13.4. The van der Waals surface area contributed by atoms with Crippen molar-refractivity contribution in [2.75, 3.05) is 27.2 Å². The van der Waals surface area contributed by atoms with Crippen molar-refractivity contribution in [3.05, 3.63) is 36.0 Å². The summed E-state index contributed by atoms with van der Waals surface area (Å²) < 4.78 is 3.84. The lowest BCUT2D eigenvalue weighted by atomic mass is 10.1. The zero-order chi connectivity index (χ0) is 20.0. The van der Waals surface area contributed by atoms with Crippen LogP contribution in [-0.4, -0.2) is 58.1 Å². The summed E-state index contributed by atoms with van der Waals surface area (Å²) in [6, 6.07) is 10.0. The van der Waals surface area contributed by atoms with Crippen LogP contribution in [0.2, 0.25) is 0 Å². The molecule has 0 bridgehead atoms. The fourth-order valence-electron chi connectivity index (χ4n) is 4.32. The van der Waals surface area contributed by atoms with Crippen molar-refractivity contribution in [1.82, 2.24) is 18.9 Å². The molecule has 28 heavy (non-hydrogen) atoms. The first-order valence-electron chi connectivity index (χ1n) is 10.1. The van der Waals surface area contributed by atoms with Crippen LogP contribution in [0.15, 0.2) is 30.3 Å². The summed E-state index contributed by atoms with van der Waals surface area (Å²) in [6.45, 7) is 5.77. The number of fused-ring (bicyclic) bond motifs is 3. The van der Waals surface area contributed by atoms with E-state index < -0.39 is 0 Å². The van der Waals surface area contributed by atoms with E-state index in [-0.39, 0.29) is 18.0 Å². The summed E-state index contributed by atoms with van der Waals surface area (Å²) in [5.41, 5.74) is 3.31. The zero-order valence-corrected chi connectivity index (χ0v) is 17.1. The lowest BCUT2D eigenvalue weighted by Gasteiger charge is -2.27. The first kappa shape index (κ1) is 18.6. The fourth-order valence-corrected chi connectivity index (χ4v) is 4.32. The van der Waals surface area contributed by atoms with Crippen LogP contribution in [0.25, 0.3) is 21.9 Å². The summed E-state index contributed by atoms with van der Waals surface area (Å²) in [4.78, 5) is 29.9. The number of piperidine rings is 1. The largest absolute Gasteiger partial charge is 0.337 e. The van der Waals surface area contributed by atoms with Gasteiger partial charge in [0.05, 0.1) is 16.6 Å². The molecule has 1 aromatic carbocycles. The van der Waals surface area contributed by atoms with Gasteiger partial charge >= 0.3 is 6.03 Å². The minimum absolute atomic E-state index is 0.0505. The monoisotopic (exact) mass is 380 g/mol. The third-order valence-corrected chi connectivity index (χ3v) is 5.61. The number of likely N-dealkylation sites (tertiary alicyclic amines) is 1. The maximum Gasteiger partial charge on any atom is 0.328 e. The number of amides is 2. The number of hydrogen-bond donors (Lipinski definition) is 0. The van der Waals surface area contributed by atoms with Crippen molar-refractivity contribution in [2.45, 2.75) is 39.2 Å². The highest BCUT2D eigenvalue weighted by molar-refractivity contribution is 6.14. The second kappa shape index (κ2) is 7.00. The number of rotatable bonds is 2. The molecule has 0 N–H and O–H groups in total. The first-order valence-corrected chi connectivity index (χ1v) is 10.1. The minimum Gasteiger partial charge on any atom is -0.337 e. The van der Waals surface area contributed by atoms with Gasteiger partial charge in [-0.1, -0.05) is 18.2 Å². The topological polar surface area (TPSA) is 50.5 Å². The number of carbonyl (C=O) groups excluding carboxylic acids is 2. The Morgan fingerprint density at radius 2 is 1.68 bits per heavy atom. The van der Waals surface area contributed by atoms with Gasteiger partial charge in [0.15, 0.2) is 0 Å². The number of nitrogens with zero attached hydrogens (tertiary/aromatic N) is 4. The molecule has 1 aliphatic heterocycles. The molecule has 6 heteroatoms. The average molecular weight is 380 g/mol. The van der Waals surface area contributed by atoms with E-state index >= 15 is 0 Å². The van der Waals surface area contributed by atoms with Crippen LogP contribution < -0.4 is 0 Å². The molecule has 0 aliphatic carbocycles. The molecule has 3 heterocycles. The van der Waals surface area contributed by atoms with Crippen LogP contribution in [-0.2, 0) is 0 Å². The lowest BCUT2D eigenvalue weighted by Crippen LogP contribution is -2.38. The molecular formula is C22H28N4O2. The molecular weight excluding hydrogens is 352 g/mol. The summed E-state index contributed by atoms with van der Waals surface area (Å²) in [5.74, 6) is -0.0505. The van der Waals surface area contributed by atoms with Crippen LogP contribution in [0.3, 0.4) is 0 Å². The van der Waals surface area contributed by atoms with Gasteiger partial charge in [-0.15, -0.1) is 0 Å². The third-order valence-electron chi connectivity index (χ3n) is 5.61.